The van der Waals surface area contributed by atoms with Crippen LogP contribution >= 0.6 is 0 Å². The number of hydrogen-bond acceptors (Lipinski definition) is 11. The van der Waals surface area contributed by atoms with Gasteiger partial charge in [-0.25, -0.2) is 0 Å². The number of hydrogen-bond donors (Lipinski definition) is 4. The minimum atomic E-state index is 0.0237. The lowest BCUT2D eigenvalue weighted by Crippen LogP contribution is -2.18. The smallest absolute Gasteiger partial charge is 0.130 e. The second-order valence-corrected chi connectivity index (χ2v) is 10.6. The Balaban J connectivity index is 1.52. The second-order valence-electron chi connectivity index (χ2n) is 10.6. The molecule has 0 unspecified atom stereocenters. The number of nitriles is 1. The van der Waals surface area contributed by atoms with Gasteiger partial charge in [-0.1, -0.05) is 36.4 Å². The molecule has 0 aromatic heterocycles. The fourth-order valence-corrected chi connectivity index (χ4v) is 5.27. The van der Waals surface area contributed by atoms with Gasteiger partial charge in [0.1, 0.15) is 53.8 Å². The SMILES string of the molecule is COc1cc(OCc2cccc(-c3cccc(COc4cc(OC)c(CNCCO)c(OC)c4)c3C#N)c2)cc(OC)c1CNCCO. The number of benzene rings is 4. The standard InChI is InChI=1S/C37H43N3O8/c1-43-34-16-28(17-35(44-2)32(34)21-39-11-13-41)47-23-25-7-5-8-26(15-25)30-10-6-9-27(31(30)20-38)24-48-29-18-36(45-3)33(22-40-12-14-42)37(19-29)46-4/h5-10,15-19,39-42H,11-14,21-24H2,1-4H3. The topological polar surface area (TPSA) is 144 Å². The summed E-state index contributed by atoms with van der Waals surface area (Å²) in [5, 5.41) is 34.7. The average Bonchev–Trinajstić information content (AvgIpc) is 3.13. The first-order chi connectivity index (χ1) is 23.5. The summed E-state index contributed by atoms with van der Waals surface area (Å²) in [5.74, 6) is 3.52. The number of aliphatic hydroxyl groups is 2. The normalized spacial score (nSPS) is 10.7. The molecule has 0 saturated carbocycles. The number of rotatable bonds is 19. The van der Waals surface area contributed by atoms with Crippen LogP contribution in [0.3, 0.4) is 0 Å². The number of ether oxygens (including phenoxy) is 6. The van der Waals surface area contributed by atoms with Crippen molar-refractivity contribution < 1.29 is 38.6 Å². The summed E-state index contributed by atoms with van der Waals surface area (Å²) in [6.45, 7) is 2.31. The molecular weight excluding hydrogens is 614 g/mol. The predicted octanol–water partition coefficient (Wildman–Crippen LogP) is 4.58. The quantitative estimate of drug-likeness (QED) is 0.105. The van der Waals surface area contributed by atoms with E-state index in [9.17, 15) is 5.26 Å². The monoisotopic (exact) mass is 657 g/mol. The maximum absolute atomic E-state index is 10.2. The van der Waals surface area contributed by atoms with Crippen LogP contribution in [0.15, 0.2) is 66.7 Å². The highest BCUT2D eigenvalue weighted by molar-refractivity contribution is 5.72. The summed E-state index contributed by atoms with van der Waals surface area (Å²) in [4.78, 5) is 0. The third-order valence-electron chi connectivity index (χ3n) is 7.64. The van der Waals surface area contributed by atoms with Gasteiger partial charge in [-0.15, -0.1) is 0 Å². The maximum atomic E-state index is 10.2. The van der Waals surface area contributed by atoms with Crippen molar-refractivity contribution in [2.45, 2.75) is 26.3 Å². The third kappa shape index (κ3) is 9.08. The molecule has 0 aliphatic rings. The van der Waals surface area contributed by atoms with Gasteiger partial charge in [0, 0.05) is 56.0 Å². The van der Waals surface area contributed by atoms with Crippen LogP contribution in [0.2, 0.25) is 0 Å². The van der Waals surface area contributed by atoms with Crippen LogP contribution < -0.4 is 39.1 Å². The van der Waals surface area contributed by atoms with Gasteiger partial charge in [0.05, 0.1) is 58.3 Å². The Hall–Kier alpha value is -4.99. The first-order valence-electron chi connectivity index (χ1n) is 15.5. The van der Waals surface area contributed by atoms with E-state index in [1.807, 2.05) is 54.6 Å². The van der Waals surface area contributed by atoms with Crippen LogP contribution in [-0.4, -0.2) is 65.0 Å². The zero-order valence-electron chi connectivity index (χ0n) is 27.8. The lowest BCUT2D eigenvalue weighted by Gasteiger charge is -2.17. The molecule has 48 heavy (non-hydrogen) atoms. The molecular formula is C37H43N3O8. The first kappa shape index (κ1) is 35.9. The van der Waals surface area contributed by atoms with E-state index in [1.165, 1.54) is 0 Å². The van der Waals surface area contributed by atoms with Crippen LogP contribution in [0, 0.1) is 11.3 Å². The Labute approximate surface area is 281 Å². The van der Waals surface area contributed by atoms with Gasteiger partial charge in [0.2, 0.25) is 0 Å². The van der Waals surface area contributed by atoms with E-state index in [-0.39, 0.29) is 26.4 Å². The van der Waals surface area contributed by atoms with Crippen molar-refractivity contribution in [3.8, 4) is 51.7 Å². The Morgan fingerprint density at radius 3 is 1.62 bits per heavy atom. The zero-order chi connectivity index (χ0) is 34.3. The van der Waals surface area contributed by atoms with Crippen LogP contribution in [0.4, 0.5) is 0 Å². The van der Waals surface area contributed by atoms with E-state index >= 15 is 0 Å². The molecule has 0 amide bonds. The summed E-state index contributed by atoms with van der Waals surface area (Å²) < 4.78 is 34.7. The second kappa shape index (κ2) is 18.4. The zero-order valence-corrected chi connectivity index (χ0v) is 27.8. The van der Waals surface area contributed by atoms with E-state index in [1.54, 1.807) is 40.6 Å². The summed E-state index contributed by atoms with van der Waals surface area (Å²) >= 11 is 0. The number of nitrogens with one attached hydrogen (secondary N) is 2. The van der Waals surface area contributed by atoms with Gasteiger partial charge in [-0.3, -0.25) is 0 Å². The molecule has 4 aromatic carbocycles. The molecule has 0 aliphatic carbocycles. The van der Waals surface area contributed by atoms with Crippen LogP contribution in [0.5, 0.6) is 34.5 Å². The van der Waals surface area contributed by atoms with Gasteiger partial charge < -0.3 is 49.3 Å². The lowest BCUT2D eigenvalue weighted by molar-refractivity contribution is 0.289. The summed E-state index contributed by atoms with van der Waals surface area (Å²) in [6.07, 6.45) is 0. The minimum Gasteiger partial charge on any atom is -0.496 e. The van der Waals surface area contributed by atoms with Crippen LogP contribution in [0.25, 0.3) is 11.1 Å². The molecule has 0 bridgehead atoms. The van der Waals surface area contributed by atoms with Gasteiger partial charge in [-0.2, -0.15) is 5.26 Å². The largest absolute Gasteiger partial charge is 0.496 e. The fraction of sp³-hybridized carbons (Fsp3) is 0.324. The van der Waals surface area contributed by atoms with Crippen molar-refractivity contribution in [1.29, 1.82) is 5.26 Å². The van der Waals surface area contributed by atoms with E-state index in [0.29, 0.717) is 66.2 Å². The summed E-state index contributed by atoms with van der Waals surface area (Å²) in [7, 11) is 6.34. The third-order valence-corrected chi connectivity index (χ3v) is 7.64. The molecule has 4 aromatic rings. The first-order valence-corrected chi connectivity index (χ1v) is 15.5. The number of aliphatic hydroxyl groups excluding tert-OH is 2. The molecule has 0 spiro atoms. The molecule has 0 radical (unpaired) electrons. The molecule has 254 valence electrons. The van der Waals surface area contributed by atoms with Crippen molar-refractivity contribution in [3.05, 3.63) is 94.5 Å². The lowest BCUT2D eigenvalue weighted by atomic mass is 9.95. The van der Waals surface area contributed by atoms with E-state index in [4.69, 9.17) is 38.6 Å². The molecule has 0 heterocycles. The van der Waals surface area contributed by atoms with Crippen molar-refractivity contribution in [2.24, 2.45) is 0 Å². The highest BCUT2D eigenvalue weighted by Crippen LogP contribution is 2.36. The maximum Gasteiger partial charge on any atom is 0.130 e. The van der Waals surface area contributed by atoms with Crippen molar-refractivity contribution in [2.75, 3.05) is 54.7 Å². The molecule has 4 N–H and O–H groups in total. The van der Waals surface area contributed by atoms with Gasteiger partial charge in [0.15, 0.2) is 0 Å². The summed E-state index contributed by atoms with van der Waals surface area (Å²) in [6, 6.07) is 23.1. The molecule has 0 saturated heterocycles. The Bertz CT molecular complexity index is 1640. The van der Waals surface area contributed by atoms with Crippen molar-refractivity contribution >= 4 is 0 Å². The number of nitrogens with zero attached hydrogens (tertiary/aromatic N) is 1. The van der Waals surface area contributed by atoms with E-state index < -0.39 is 0 Å². The average molecular weight is 658 g/mol. The fourth-order valence-electron chi connectivity index (χ4n) is 5.27. The molecule has 0 aliphatic heterocycles. The highest BCUT2D eigenvalue weighted by atomic mass is 16.5. The van der Waals surface area contributed by atoms with Crippen LogP contribution in [0.1, 0.15) is 27.8 Å². The Morgan fingerprint density at radius 1 is 0.646 bits per heavy atom. The Kier molecular flexibility index (Phi) is 13.7. The molecule has 0 atom stereocenters. The summed E-state index contributed by atoms with van der Waals surface area (Å²) in [5.41, 5.74) is 5.46. The number of methoxy groups -OCH3 is 4. The highest BCUT2D eigenvalue weighted by Gasteiger charge is 2.17. The Morgan fingerprint density at radius 2 is 1.15 bits per heavy atom. The molecule has 11 nitrogen and oxygen atoms in total. The molecule has 11 heteroatoms. The minimum absolute atomic E-state index is 0.0237. The van der Waals surface area contributed by atoms with Gasteiger partial charge >= 0.3 is 0 Å². The van der Waals surface area contributed by atoms with Crippen molar-refractivity contribution in [1.82, 2.24) is 10.6 Å². The molecule has 0 fully saturated rings. The van der Waals surface area contributed by atoms with Crippen LogP contribution in [-0.2, 0) is 26.3 Å². The van der Waals surface area contributed by atoms with E-state index in [2.05, 4.69) is 16.7 Å². The molecule has 4 rings (SSSR count). The van der Waals surface area contributed by atoms with Gasteiger partial charge in [0.25, 0.3) is 0 Å². The van der Waals surface area contributed by atoms with Gasteiger partial charge in [-0.05, 0) is 22.8 Å². The predicted molar refractivity (Wildman–Crippen MR) is 182 cm³/mol. The van der Waals surface area contributed by atoms with Crippen molar-refractivity contribution in [3.63, 3.8) is 0 Å². The van der Waals surface area contributed by atoms with E-state index in [0.717, 1.165) is 33.4 Å².